The van der Waals surface area contributed by atoms with Gasteiger partial charge in [-0.05, 0) is 54.7 Å². The molecule has 0 atom stereocenters. The molecule has 0 amide bonds. The topological polar surface area (TPSA) is 54.5 Å². The van der Waals surface area contributed by atoms with Crippen LogP contribution in [-0.2, 0) is 25.4 Å². The number of aromatic nitrogens is 4. The van der Waals surface area contributed by atoms with Gasteiger partial charge in [0.2, 0.25) is 5.95 Å². The standard InChI is InChI=1S/C22H18F4N4/c1-13-8-18-16(12-29-21(18)28-10-13)9-15-4-6-17(30-20(15)23)5-2-14-3-7-19(27-11-14)22(24,25)26/h3-4,6-8,10-12H,2,5,9H2,1H3,(H,28,29). The van der Waals surface area contributed by atoms with Crippen molar-refractivity contribution in [3.05, 3.63) is 88.5 Å². The lowest BCUT2D eigenvalue weighted by Crippen LogP contribution is -2.08. The molecule has 4 rings (SSSR count). The zero-order valence-corrected chi connectivity index (χ0v) is 16.1. The molecule has 0 fully saturated rings. The highest BCUT2D eigenvalue weighted by atomic mass is 19.4. The Hall–Kier alpha value is -3.29. The van der Waals surface area contributed by atoms with Gasteiger partial charge < -0.3 is 4.98 Å². The number of aromatic amines is 1. The Bertz CT molecular complexity index is 1180. The largest absolute Gasteiger partial charge is 0.433 e. The Morgan fingerprint density at radius 3 is 2.50 bits per heavy atom. The van der Waals surface area contributed by atoms with Crippen LogP contribution in [0, 0.1) is 12.9 Å². The maximum Gasteiger partial charge on any atom is 0.433 e. The van der Waals surface area contributed by atoms with E-state index in [1.54, 1.807) is 18.3 Å². The fourth-order valence-corrected chi connectivity index (χ4v) is 3.30. The summed E-state index contributed by atoms with van der Waals surface area (Å²) in [5, 5.41) is 0.952. The van der Waals surface area contributed by atoms with E-state index >= 15 is 0 Å². The smallest absolute Gasteiger partial charge is 0.346 e. The van der Waals surface area contributed by atoms with Crippen LogP contribution in [0.1, 0.15) is 33.6 Å². The number of nitrogens with one attached hydrogen (secondary N) is 1. The second-order valence-electron chi connectivity index (χ2n) is 7.20. The number of aryl methyl sites for hydroxylation is 3. The van der Waals surface area contributed by atoms with Gasteiger partial charge in [0, 0.05) is 41.7 Å². The van der Waals surface area contributed by atoms with Crippen LogP contribution in [0.2, 0.25) is 0 Å². The summed E-state index contributed by atoms with van der Waals surface area (Å²) in [5.74, 6) is -0.548. The predicted octanol–water partition coefficient (Wildman–Crippen LogP) is 5.20. The van der Waals surface area contributed by atoms with Crippen LogP contribution in [0.3, 0.4) is 0 Å². The second-order valence-corrected chi connectivity index (χ2v) is 7.20. The van der Waals surface area contributed by atoms with E-state index in [1.807, 2.05) is 19.2 Å². The molecular formula is C22H18F4N4. The highest BCUT2D eigenvalue weighted by Gasteiger charge is 2.31. The maximum absolute atomic E-state index is 14.6. The SMILES string of the molecule is Cc1cnc2[nH]cc(Cc3ccc(CCc4ccc(C(F)(F)F)nc4)nc3F)c2c1. The number of hydrogen-bond acceptors (Lipinski definition) is 3. The highest BCUT2D eigenvalue weighted by Crippen LogP contribution is 2.27. The van der Waals surface area contributed by atoms with Gasteiger partial charge in [0.05, 0.1) is 0 Å². The van der Waals surface area contributed by atoms with Crippen molar-refractivity contribution in [2.45, 2.75) is 32.4 Å². The summed E-state index contributed by atoms with van der Waals surface area (Å²) in [4.78, 5) is 14.9. The van der Waals surface area contributed by atoms with Crippen molar-refractivity contribution in [3.63, 3.8) is 0 Å². The lowest BCUT2D eigenvalue weighted by atomic mass is 10.0. The minimum atomic E-state index is -4.46. The summed E-state index contributed by atoms with van der Waals surface area (Å²) in [6.07, 6.45) is 1.53. The van der Waals surface area contributed by atoms with Gasteiger partial charge in [-0.15, -0.1) is 0 Å². The van der Waals surface area contributed by atoms with Crippen LogP contribution < -0.4 is 0 Å². The van der Waals surface area contributed by atoms with E-state index in [0.29, 0.717) is 36.1 Å². The van der Waals surface area contributed by atoms with Gasteiger partial charge >= 0.3 is 6.18 Å². The Labute approximate surface area is 170 Å². The zero-order chi connectivity index (χ0) is 21.3. The van der Waals surface area contributed by atoms with Gasteiger partial charge in [0.1, 0.15) is 11.3 Å². The number of pyridine rings is 3. The summed E-state index contributed by atoms with van der Waals surface area (Å²) in [7, 11) is 0. The summed E-state index contributed by atoms with van der Waals surface area (Å²) < 4.78 is 52.3. The number of halogens is 4. The minimum Gasteiger partial charge on any atom is -0.346 e. The lowest BCUT2D eigenvalue weighted by Gasteiger charge is -2.07. The monoisotopic (exact) mass is 414 g/mol. The van der Waals surface area contributed by atoms with Gasteiger partial charge in [-0.2, -0.15) is 17.6 Å². The molecule has 0 spiro atoms. The van der Waals surface area contributed by atoms with E-state index in [2.05, 4.69) is 19.9 Å². The normalized spacial score (nSPS) is 11.9. The van der Waals surface area contributed by atoms with Gasteiger partial charge in [-0.3, -0.25) is 4.98 Å². The molecular weight excluding hydrogens is 396 g/mol. The third-order valence-electron chi connectivity index (χ3n) is 4.90. The summed E-state index contributed by atoms with van der Waals surface area (Å²) in [6, 6.07) is 7.78. The second kappa shape index (κ2) is 7.85. The van der Waals surface area contributed by atoms with E-state index in [4.69, 9.17) is 0 Å². The fourth-order valence-electron chi connectivity index (χ4n) is 3.30. The third-order valence-corrected chi connectivity index (χ3v) is 4.90. The first-order valence-electron chi connectivity index (χ1n) is 9.38. The molecule has 0 saturated carbocycles. The quantitative estimate of drug-likeness (QED) is 0.361. The van der Waals surface area contributed by atoms with Crippen LogP contribution in [0.4, 0.5) is 17.6 Å². The van der Waals surface area contributed by atoms with Crippen LogP contribution in [0.15, 0.2) is 48.9 Å². The van der Waals surface area contributed by atoms with Crippen molar-refractivity contribution in [2.75, 3.05) is 0 Å². The summed E-state index contributed by atoms with van der Waals surface area (Å²) in [6.45, 7) is 1.95. The molecule has 154 valence electrons. The summed E-state index contributed by atoms with van der Waals surface area (Å²) >= 11 is 0. The van der Waals surface area contributed by atoms with Crippen molar-refractivity contribution in [2.24, 2.45) is 0 Å². The number of rotatable bonds is 5. The first-order valence-corrected chi connectivity index (χ1v) is 9.38. The molecule has 0 aliphatic carbocycles. The van der Waals surface area contributed by atoms with Crippen molar-refractivity contribution in [3.8, 4) is 0 Å². The Kier molecular flexibility index (Phi) is 5.24. The molecule has 8 heteroatoms. The first kappa shape index (κ1) is 20.0. The van der Waals surface area contributed by atoms with Crippen molar-refractivity contribution >= 4 is 11.0 Å². The molecule has 4 aromatic rings. The number of hydrogen-bond donors (Lipinski definition) is 1. The predicted molar refractivity (Wildman–Crippen MR) is 104 cm³/mol. The number of nitrogens with zero attached hydrogens (tertiary/aromatic N) is 3. The third kappa shape index (κ3) is 4.32. The van der Waals surface area contributed by atoms with Crippen LogP contribution in [0.25, 0.3) is 11.0 Å². The highest BCUT2D eigenvalue weighted by molar-refractivity contribution is 5.80. The number of alkyl halides is 3. The van der Waals surface area contributed by atoms with Crippen LogP contribution in [-0.4, -0.2) is 19.9 Å². The molecule has 0 bridgehead atoms. The molecule has 4 heterocycles. The number of fused-ring (bicyclic) bond motifs is 1. The van der Waals surface area contributed by atoms with E-state index in [-0.39, 0.29) is 0 Å². The maximum atomic E-state index is 14.6. The summed E-state index contributed by atoms with van der Waals surface area (Å²) in [5.41, 5.74) is 3.43. The van der Waals surface area contributed by atoms with Crippen LogP contribution >= 0.6 is 0 Å². The average molecular weight is 414 g/mol. The molecule has 0 aromatic carbocycles. The average Bonchev–Trinajstić information content (AvgIpc) is 3.10. The van der Waals surface area contributed by atoms with Gasteiger partial charge in [0.15, 0.2) is 0 Å². The van der Waals surface area contributed by atoms with Gasteiger partial charge in [0.25, 0.3) is 0 Å². The van der Waals surface area contributed by atoms with E-state index in [9.17, 15) is 17.6 Å². The molecule has 0 aliphatic rings. The van der Waals surface area contributed by atoms with Crippen LogP contribution in [0.5, 0.6) is 0 Å². The molecule has 4 nitrogen and oxygen atoms in total. The Balaban J connectivity index is 1.44. The molecule has 0 aliphatic heterocycles. The fraction of sp³-hybridized carbons (Fsp3) is 0.227. The first-order chi connectivity index (χ1) is 14.3. The Morgan fingerprint density at radius 2 is 1.80 bits per heavy atom. The molecule has 0 unspecified atom stereocenters. The van der Waals surface area contributed by atoms with Crippen molar-refractivity contribution in [1.29, 1.82) is 0 Å². The molecule has 0 radical (unpaired) electrons. The van der Waals surface area contributed by atoms with E-state index in [0.717, 1.165) is 28.2 Å². The van der Waals surface area contributed by atoms with Gasteiger partial charge in [-0.25, -0.2) is 9.97 Å². The van der Waals surface area contributed by atoms with Gasteiger partial charge in [-0.1, -0.05) is 12.1 Å². The van der Waals surface area contributed by atoms with E-state index < -0.39 is 17.8 Å². The minimum absolute atomic E-state index is 0.382. The zero-order valence-electron chi connectivity index (χ0n) is 16.1. The number of H-pyrrole nitrogens is 1. The lowest BCUT2D eigenvalue weighted by molar-refractivity contribution is -0.141. The molecule has 0 saturated heterocycles. The molecule has 4 aromatic heterocycles. The van der Waals surface area contributed by atoms with Crippen molar-refractivity contribution in [1.82, 2.24) is 19.9 Å². The van der Waals surface area contributed by atoms with E-state index in [1.165, 1.54) is 12.3 Å². The molecule has 30 heavy (non-hydrogen) atoms. The Morgan fingerprint density at radius 1 is 0.967 bits per heavy atom. The molecule has 1 N–H and O–H groups in total. The van der Waals surface area contributed by atoms with Crippen molar-refractivity contribution < 1.29 is 17.6 Å².